The third-order valence-corrected chi connectivity index (χ3v) is 20.5. The first-order valence-corrected chi connectivity index (χ1v) is 26.4. The molecule has 0 atom stereocenters. The topological polar surface area (TPSA) is 0 Å². The number of benzene rings is 6. The average molecular weight is 864 g/mol. The Hall–Kier alpha value is -4.45. The van der Waals surface area contributed by atoms with Crippen LogP contribution >= 0.6 is 0 Å². The number of unbranched alkanes of at least 4 members (excludes halogenated alkanes) is 2. The van der Waals surface area contributed by atoms with Crippen molar-refractivity contribution in [3.8, 4) is 33.4 Å². The molecular weight excluding hydrogens is 800 g/mol. The molecular formula is C59H64Zr. The van der Waals surface area contributed by atoms with Gasteiger partial charge in [0.2, 0.25) is 0 Å². The van der Waals surface area contributed by atoms with Crippen LogP contribution in [-0.2, 0) is 51.4 Å². The molecule has 0 saturated carbocycles. The summed E-state index contributed by atoms with van der Waals surface area (Å²) in [6.45, 7) is 19.1. The fraction of sp³-hybridized carbons (Fsp3) is 0.305. The number of fused-ring (bicyclic) bond motifs is 3. The summed E-state index contributed by atoms with van der Waals surface area (Å²) in [4.78, 5) is 0. The minimum absolute atomic E-state index is 0.0165. The van der Waals surface area contributed by atoms with Crippen molar-refractivity contribution in [2.75, 3.05) is 0 Å². The average Bonchev–Trinajstić information content (AvgIpc) is 3.92. The van der Waals surface area contributed by atoms with E-state index >= 15 is 0 Å². The van der Waals surface area contributed by atoms with Crippen LogP contribution in [0, 0.1) is 0 Å². The van der Waals surface area contributed by atoms with Crippen molar-refractivity contribution in [2.45, 2.75) is 118 Å². The van der Waals surface area contributed by atoms with Gasteiger partial charge in [-0.1, -0.05) is 0 Å². The van der Waals surface area contributed by atoms with Gasteiger partial charge in [0.05, 0.1) is 0 Å². The molecule has 0 aliphatic heterocycles. The van der Waals surface area contributed by atoms with Crippen LogP contribution in [0.1, 0.15) is 132 Å². The van der Waals surface area contributed by atoms with E-state index < -0.39 is 21.3 Å². The Bertz CT molecular complexity index is 2510. The van der Waals surface area contributed by atoms with E-state index in [1.165, 1.54) is 98.0 Å². The molecule has 0 amide bonds. The Morgan fingerprint density at radius 2 is 1.10 bits per heavy atom. The van der Waals surface area contributed by atoms with Gasteiger partial charge in [0, 0.05) is 0 Å². The van der Waals surface area contributed by atoms with Crippen molar-refractivity contribution in [1.29, 1.82) is 0 Å². The molecule has 0 nitrogen and oxygen atoms in total. The van der Waals surface area contributed by atoms with Gasteiger partial charge in [-0.05, 0) is 0 Å². The maximum atomic E-state index is 2.63. The zero-order valence-electron chi connectivity index (χ0n) is 37.5. The van der Waals surface area contributed by atoms with Gasteiger partial charge in [-0.15, -0.1) is 0 Å². The Labute approximate surface area is 369 Å². The van der Waals surface area contributed by atoms with Crippen molar-refractivity contribution in [1.82, 2.24) is 0 Å². The molecule has 0 aromatic heterocycles. The predicted molar refractivity (Wildman–Crippen MR) is 258 cm³/mol. The fourth-order valence-corrected chi connectivity index (χ4v) is 18.1. The number of aryl methyl sites for hydroxylation is 2. The van der Waals surface area contributed by atoms with Crippen LogP contribution in [0.5, 0.6) is 0 Å². The van der Waals surface area contributed by atoms with E-state index in [-0.39, 0.29) is 10.8 Å². The second kappa shape index (κ2) is 17.9. The molecule has 60 heavy (non-hydrogen) atoms. The van der Waals surface area contributed by atoms with Crippen molar-refractivity contribution in [3.63, 3.8) is 0 Å². The molecule has 2 aliphatic rings. The SMILES string of the molecule is CCCCc1ccc([C](c2ccc(CCCC)cc2)=[Zr]([C]2=CC=CC2)[c]2c3c(cc(C(C)(C)C)c2-c2ccccc2)-c2cc(C(C)(C)C)c(-c4ccccc4)cc2C3)cc1. The van der Waals surface area contributed by atoms with Crippen LogP contribution in [0.3, 0.4) is 0 Å². The monoisotopic (exact) mass is 862 g/mol. The summed E-state index contributed by atoms with van der Waals surface area (Å²) in [6, 6.07) is 50.1. The first-order valence-electron chi connectivity index (χ1n) is 22.7. The molecule has 0 N–H and O–H groups in total. The molecule has 1 heteroatoms. The van der Waals surface area contributed by atoms with Gasteiger partial charge in [0.1, 0.15) is 0 Å². The third kappa shape index (κ3) is 8.68. The van der Waals surface area contributed by atoms with Crippen LogP contribution in [0.2, 0.25) is 0 Å². The third-order valence-electron chi connectivity index (χ3n) is 12.8. The molecule has 0 radical (unpaired) electrons. The van der Waals surface area contributed by atoms with Crippen molar-refractivity contribution in [3.05, 3.63) is 193 Å². The van der Waals surface area contributed by atoms with E-state index in [9.17, 15) is 0 Å². The summed E-state index contributed by atoms with van der Waals surface area (Å²) in [5.74, 6) is 0. The maximum absolute atomic E-state index is 3.10. The van der Waals surface area contributed by atoms with E-state index in [0.717, 1.165) is 25.7 Å². The first-order chi connectivity index (χ1) is 29.0. The molecule has 304 valence electrons. The Morgan fingerprint density at radius 1 is 0.567 bits per heavy atom. The van der Waals surface area contributed by atoms with Gasteiger partial charge in [-0.3, -0.25) is 0 Å². The molecule has 0 bridgehead atoms. The van der Waals surface area contributed by atoms with Crippen LogP contribution in [0.15, 0.2) is 149 Å². The normalized spacial score (nSPS) is 13.3. The quantitative estimate of drug-likeness (QED) is 0.115. The second-order valence-electron chi connectivity index (χ2n) is 19.3. The van der Waals surface area contributed by atoms with Crippen molar-refractivity contribution < 1.29 is 21.3 Å². The van der Waals surface area contributed by atoms with Gasteiger partial charge in [-0.25, -0.2) is 0 Å². The van der Waals surface area contributed by atoms with E-state index in [2.05, 4.69) is 201 Å². The summed E-state index contributed by atoms with van der Waals surface area (Å²) in [6.07, 6.45) is 16.4. The minimum atomic E-state index is -3.10. The van der Waals surface area contributed by atoms with Gasteiger partial charge in [0.25, 0.3) is 0 Å². The molecule has 6 aromatic carbocycles. The number of hydrogen-bond donors (Lipinski definition) is 0. The number of allylic oxidation sites excluding steroid dienone is 4. The van der Waals surface area contributed by atoms with Gasteiger partial charge in [0.15, 0.2) is 0 Å². The standard InChI is InChI=1S/C33H33.C21H26.C5H5.Zr/c1-32(2,3)30-20-26-24(18-28(30)22-13-9-7-10-14-22)17-25-19-29(23-15-11-8-12-16-23)31(21-27(25)26)33(4,5)6;1-3-5-7-18-9-13-20(14-10-18)17-21-15-11-19(12-16-21)8-6-4-2;1-2-4-5-3-1;/h7-16,18,20-21H,17H2,1-6H3;9-16H,3-8H2,1-2H3;1-3H,4H2;. The molecule has 2 aliphatic carbocycles. The molecule has 0 heterocycles. The Balaban J connectivity index is 1.51. The summed E-state index contributed by atoms with van der Waals surface area (Å²) in [5.41, 5.74) is 20.0. The van der Waals surface area contributed by atoms with E-state index in [1.54, 1.807) is 15.3 Å². The van der Waals surface area contributed by atoms with Crippen LogP contribution in [0.25, 0.3) is 33.4 Å². The van der Waals surface area contributed by atoms with Crippen LogP contribution in [0.4, 0.5) is 0 Å². The summed E-state index contributed by atoms with van der Waals surface area (Å²) < 4.78 is 4.95. The van der Waals surface area contributed by atoms with Crippen LogP contribution in [-0.4, -0.2) is 3.21 Å². The van der Waals surface area contributed by atoms with Crippen molar-refractivity contribution in [2.24, 2.45) is 0 Å². The molecule has 6 aromatic rings. The number of hydrogen-bond acceptors (Lipinski definition) is 0. The fourth-order valence-electron chi connectivity index (χ4n) is 9.60. The first kappa shape index (κ1) is 42.3. The predicted octanol–water partition coefficient (Wildman–Crippen LogP) is 15.2. The van der Waals surface area contributed by atoms with E-state index in [1.807, 2.05) is 0 Å². The zero-order chi connectivity index (χ0) is 42.0. The molecule has 0 saturated heterocycles. The summed E-state index contributed by atoms with van der Waals surface area (Å²) >= 11 is -3.10. The molecule has 8 rings (SSSR count). The number of rotatable bonds is 12. The Kier molecular flexibility index (Phi) is 12.6. The molecule has 0 unspecified atom stereocenters. The summed E-state index contributed by atoms with van der Waals surface area (Å²) in [7, 11) is 0. The zero-order valence-corrected chi connectivity index (χ0v) is 40.0. The van der Waals surface area contributed by atoms with Gasteiger partial charge in [-0.2, -0.15) is 0 Å². The molecule has 0 fully saturated rings. The Morgan fingerprint density at radius 3 is 1.60 bits per heavy atom. The van der Waals surface area contributed by atoms with E-state index in [4.69, 9.17) is 0 Å². The van der Waals surface area contributed by atoms with Gasteiger partial charge < -0.3 is 0 Å². The van der Waals surface area contributed by atoms with Crippen molar-refractivity contribution >= 4 is 6.48 Å². The second-order valence-corrected chi connectivity index (χ2v) is 25.2. The van der Waals surface area contributed by atoms with Crippen LogP contribution < -0.4 is 3.27 Å². The summed E-state index contributed by atoms with van der Waals surface area (Å²) in [5, 5.41) is 0. The van der Waals surface area contributed by atoms with Gasteiger partial charge >= 0.3 is 372 Å². The van der Waals surface area contributed by atoms with E-state index in [0.29, 0.717) is 0 Å². The molecule has 0 spiro atoms.